The number of aliphatic hydroxyl groups excluding tert-OH is 1. The summed E-state index contributed by atoms with van der Waals surface area (Å²) in [5.74, 6) is 0. The van der Waals surface area contributed by atoms with E-state index in [4.69, 9.17) is 0 Å². The molecule has 0 saturated carbocycles. The SMILES string of the molecule is CC(C)(C)C(O)C1CN1S(=O)(=O)C(C)(C)C. The summed E-state index contributed by atoms with van der Waals surface area (Å²) in [5.41, 5.74) is -0.285. The zero-order chi connectivity index (χ0) is 12.9. The van der Waals surface area contributed by atoms with E-state index < -0.39 is 20.9 Å². The molecule has 1 N–H and O–H groups in total. The monoisotopic (exact) mass is 249 g/mol. The molecular weight excluding hydrogens is 226 g/mol. The first kappa shape index (κ1) is 13.9. The predicted octanol–water partition coefficient (Wildman–Crippen LogP) is 1.21. The molecule has 0 spiro atoms. The van der Waals surface area contributed by atoms with Crippen LogP contribution >= 0.6 is 0 Å². The van der Waals surface area contributed by atoms with Gasteiger partial charge in [0, 0.05) is 6.54 Å². The van der Waals surface area contributed by atoms with Crippen LogP contribution in [0.3, 0.4) is 0 Å². The van der Waals surface area contributed by atoms with Crippen LogP contribution in [0.1, 0.15) is 41.5 Å². The van der Waals surface area contributed by atoms with Crippen LogP contribution in [-0.2, 0) is 10.0 Å². The zero-order valence-corrected chi connectivity index (χ0v) is 11.8. The Kier molecular flexibility index (Phi) is 3.21. The van der Waals surface area contributed by atoms with Crippen molar-refractivity contribution in [1.82, 2.24) is 4.31 Å². The molecule has 1 rings (SSSR count). The Bertz CT molecular complexity index is 362. The van der Waals surface area contributed by atoms with Crippen LogP contribution in [0.2, 0.25) is 0 Å². The highest BCUT2D eigenvalue weighted by Gasteiger charge is 2.54. The summed E-state index contributed by atoms with van der Waals surface area (Å²) in [6.07, 6.45) is -0.607. The van der Waals surface area contributed by atoms with E-state index in [9.17, 15) is 13.5 Å². The van der Waals surface area contributed by atoms with Crippen LogP contribution < -0.4 is 0 Å². The number of nitrogens with zero attached hydrogens (tertiary/aromatic N) is 1. The van der Waals surface area contributed by atoms with Gasteiger partial charge in [-0.05, 0) is 26.2 Å². The quantitative estimate of drug-likeness (QED) is 0.748. The molecule has 0 aromatic carbocycles. The van der Waals surface area contributed by atoms with Gasteiger partial charge in [-0.2, -0.15) is 4.31 Å². The lowest BCUT2D eigenvalue weighted by Crippen LogP contribution is -2.39. The van der Waals surface area contributed by atoms with Crippen LogP contribution in [0, 0.1) is 5.41 Å². The van der Waals surface area contributed by atoms with Crippen molar-refractivity contribution in [2.75, 3.05) is 6.54 Å². The molecule has 96 valence electrons. The largest absolute Gasteiger partial charge is 0.391 e. The molecular formula is C11H23NO3S. The topological polar surface area (TPSA) is 57.4 Å². The third kappa shape index (κ3) is 2.41. The van der Waals surface area contributed by atoms with Crippen molar-refractivity contribution in [3.05, 3.63) is 0 Å². The predicted molar refractivity (Wildman–Crippen MR) is 64.6 cm³/mol. The van der Waals surface area contributed by atoms with Crippen molar-refractivity contribution in [1.29, 1.82) is 0 Å². The standard InChI is InChI=1S/C11H23NO3S/c1-10(2,3)9(13)8-7-12(8)16(14,15)11(4,5)6/h8-9,13H,7H2,1-6H3. The smallest absolute Gasteiger partial charge is 0.219 e. The second kappa shape index (κ2) is 3.68. The molecule has 1 aliphatic rings. The summed E-state index contributed by atoms with van der Waals surface area (Å²) in [6.45, 7) is 11.2. The fourth-order valence-corrected chi connectivity index (χ4v) is 3.12. The number of rotatable bonds is 2. The fraction of sp³-hybridized carbons (Fsp3) is 1.00. The second-order valence-electron chi connectivity index (χ2n) is 6.57. The maximum absolute atomic E-state index is 12.1. The van der Waals surface area contributed by atoms with Gasteiger partial charge in [0.2, 0.25) is 10.0 Å². The number of aliphatic hydroxyl groups is 1. The van der Waals surface area contributed by atoms with Gasteiger partial charge in [-0.25, -0.2) is 8.42 Å². The first-order chi connectivity index (χ1) is 6.89. The Morgan fingerprint density at radius 2 is 1.62 bits per heavy atom. The Morgan fingerprint density at radius 1 is 1.19 bits per heavy atom. The molecule has 0 bridgehead atoms. The van der Waals surface area contributed by atoms with Crippen LogP contribution in [0.15, 0.2) is 0 Å². The van der Waals surface area contributed by atoms with Gasteiger partial charge in [0.15, 0.2) is 0 Å². The molecule has 1 heterocycles. The van der Waals surface area contributed by atoms with Crippen LogP contribution in [0.4, 0.5) is 0 Å². The summed E-state index contributed by atoms with van der Waals surface area (Å²) in [6, 6.07) is -0.246. The van der Waals surface area contributed by atoms with E-state index in [1.165, 1.54) is 4.31 Å². The van der Waals surface area contributed by atoms with Crippen LogP contribution in [0.25, 0.3) is 0 Å². The Labute approximate surface area is 98.7 Å². The molecule has 0 aromatic heterocycles. The maximum atomic E-state index is 12.1. The van der Waals surface area contributed by atoms with E-state index in [2.05, 4.69) is 0 Å². The van der Waals surface area contributed by atoms with Gasteiger partial charge in [0.25, 0.3) is 0 Å². The highest BCUT2D eigenvalue weighted by Crippen LogP contribution is 2.37. The molecule has 3 unspecified atom stereocenters. The van der Waals surface area contributed by atoms with Gasteiger partial charge < -0.3 is 5.11 Å². The molecule has 0 aromatic rings. The van der Waals surface area contributed by atoms with Gasteiger partial charge in [-0.1, -0.05) is 20.8 Å². The van der Waals surface area contributed by atoms with Gasteiger partial charge >= 0.3 is 0 Å². The van der Waals surface area contributed by atoms with Gasteiger partial charge in [0.1, 0.15) is 0 Å². The van der Waals surface area contributed by atoms with Gasteiger partial charge in [-0.15, -0.1) is 0 Å². The van der Waals surface area contributed by atoms with Crippen molar-refractivity contribution >= 4 is 10.0 Å². The molecule has 1 fully saturated rings. The van der Waals surface area contributed by atoms with Crippen LogP contribution in [-0.4, -0.2) is 41.3 Å². The molecule has 0 radical (unpaired) electrons. The van der Waals surface area contributed by atoms with Crippen molar-refractivity contribution in [3.8, 4) is 0 Å². The molecule has 16 heavy (non-hydrogen) atoms. The van der Waals surface area contributed by atoms with Crippen molar-refractivity contribution < 1.29 is 13.5 Å². The first-order valence-electron chi connectivity index (χ1n) is 5.58. The van der Waals surface area contributed by atoms with Crippen LogP contribution in [0.5, 0.6) is 0 Å². The Hall–Kier alpha value is -0.130. The Morgan fingerprint density at radius 3 is 1.94 bits per heavy atom. The summed E-state index contributed by atoms with van der Waals surface area (Å²) < 4.78 is 24.8. The second-order valence-corrected chi connectivity index (χ2v) is 9.21. The summed E-state index contributed by atoms with van der Waals surface area (Å²) in [5, 5.41) is 10.0. The minimum atomic E-state index is -3.28. The number of hydrogen-bond acceptors (Lipinski definition) is 3. The molecule has 0 amide bonds. The van der Waals surface area contributed by atoms with E-state index in [0.29, 0.717) is 6.54 Å². The lowest BCUT2D eigenvalue weighted by atomic mass is 9.87. The minimum Gasteiger partial charge on any atom is -0.391 e. The highest BCUT2D eigenvalue weighted by atomic mass is 32.2. The number of sulfonamides is 1. The normalized spacial score (nSPS) is 28.9. The highest BCUT2D eigenvalue weighted by molar-refractivity contribution is 7.90. The molecule has 0 aliphatic carbocycles. The molecule has 4 nitrogen and oxygen atoms in total. The summed E-state index contributed by atoms with van der Waals surface area (Å²) >= 11 is 0. The molecule has 1 aliphatic heterocycles. The van der Waals surface area contributed by atoms with E-state index in [-0.39, 0.29) is 11.5 Å². The fourth-order valence-electron chi connectivity index (χ4n) is 1.60. The third-order valence-electron chi connectivity index (χ3n) is 2.94. The van der Waals surface area contributed by atoms with Crippen molar-refractivity contribution in [3.63, 3.8) is 0 Å². The minimum absolute atomic E-state index is 0.246. The van der Waals surface area contributed by atoms with E-state index in [1.807, 2.05) is 20.8 Å². The molecule has 1 saturated heterocycles. The summed E-state index contributed by atoms with van der Waals surface area (Å²) in [4.78, 5) is 0. The zero-order valence-electron chi connectivity index (χ0n) is 11.0. The Balaban J connectivity index is 2.79. The average molecular weight is 249 g/mol. The lowest BCUT2D eigenvalue weighted by molar-refractivity contribution is 0.0565. The van der Waals surface area contributed by atoms with E-state index >= 15 is 0 Å². The first-order valence-corrected chi connectivity index (χ1v) is 7.02. The van der Waals surface area contributed by atoms with Crippen molar-refractivity contribution in [2.24, 2.45) is 5.41 Å². The molecule has 5 heteroatoms. The van der Waals surface area contributed by atoms with Gasteiger partial charge in [0.05, 0.1) is 16.9 Å². The summed E-state index contributed by atoms with van der Waals surface area (Å²) in [7, 11) is -3.28. The average Bonchev–Trinajstić information content (AvgIpc) is 2.77. The third-order valence-corrected chi connectivity index (χ3v) is 5.52. The van der Waals surface area contributed by atoms with Crippen molar-refractivity contribution in [2.45, 2.75) is 58.4 Å². The lowest BCUT2D eigenvalue weighted by Gasteiger charge is -2.27. The maximum Gasteiger partial charge on any atom is 0.219 e. The molecule has 3 atom stereocenters. The van der Waals surface area contributed by atoms with E-state index in [0.717, 1.165) is 0 Å². The van der Waals surface area contributed by atoms with E-state index in [1.54, 1.807) is 20.8 Å². The number of hydrogen-bond donors (Lipinski definition) is 1. The van der Waals surface area contributed by atoms with Gasteiger partial charge in [-0.3, -0.25) is 0 Å².